The Hall–Kier alpha value is -1.80. The van der Waals surface area contributed by atoms with Crippen LogP contribution in [0.25, 0.3) is 0 Å². The molecule has 0 aliphatic rings. The number of nitrogens with zero attached hydrogens (tertiary/aromatic N) is 1. The zero-order chi connectivity index (χ0) is 14.5. The summed E-state index contributed by atoms with van der Waals surface area (Å²) in [7, 11) is 2.14. The third-order valence-electron chi connectivity index (χ3n) is 3.80. The molecule has 0 radical (unpaired) electrons. The van der Waals surface area contributed by atoms with Crippen LogP contribution in [0.2, 0.25) is 0 Å². The van der Waals surface area contributed by atoms with Gasteiger partial charge in [0, 0.05) is 25.8 Å². The molecule has 106 valence electrons. The van der Waals surface area contributed by atoms with Gasteiger partial charge in [-0.25, -0.2) is 0 Å². The molecular weight excluding hydrogens is 244 g/mol. The van der Waals surface area contributed by atoms with Crippen LogP contribution < -0.4 is 10.6 Å². The van der Waals surface area contributed by atoms with Crippen molar-refractivity contribution < 1.29 is 0 Å². The van der Waals surface area contributed by atoms with Gasteiger partial charge in [-0.3, -0.25) is 0 Å². The highest BCUT2D eigenvalue weighted by Gasteiger charge is 2.04. The average molecular weight is 268 g/mol. The molecule has 2 aromatic carbocycles. The van der Waals surface area contributed by atoms with Crippen molar-refractivity contribution >= 4 is 5.69 Å². The Morgan fingerprint density at radius 3 is 2.55 bits per heavy atom. The first-order chi connectivity index (χ1) is 9.60. The Labute approximate surface area is 122 Å². The van der Waals surface area contributed by atoms with Gasteiger partial charge in [-0.15, -0.1) is 0 Å². The van der Waals surface area contributed by atoms with E-state index in [4.69, 9.17) is 5.73 Å². The molecule has 2 heteroatoms. The van der Waals surface area contributed by atoms with Crippen LogP contribution >= 0.6 is 0 Å². The first-order valence-corrected chi connectivity index (χ1v) is 7.16. The van der Waals surface area contributed by atoms with Crippen LogP contribution in [0.4, 0.5) is 5.69 Å². The molecule has 0 bridgehead atoms. The molecule has 0 aliphatic carbocycles. The van der Waals surface area contributed by atoms with Gasteiger partial charge in [0.1, 0.15) is 0 Å². The van der Waals surface area contributed by atoms with Crippen LogP contribution in [0.5, 0.6) is 0 Å². The van der Waals surface area contributed by atoms with Crippen molar-refractivity contribution in [2.24, 2.45) is 5.73 Å². The summed E-state index contributed by atoms with van der Waals surface area (Å²) in [5.74, 6) is 0. The number of anilines is 1. The summed E-state index contributed by atoms with van der Waals surface area (Å²) in [6.45, 7) is 5.94. The van der Waals surface area contributed by atoms with Crippen LogP contribution in [0.1, 0.15) is 22.3 Å². The fourth-order valence-corrected chi connectivity index (χ4v) is 2.46. The fourth-order valence-electron chi connectivity index (χ4n) is 2.46. The van der Waals surface area contributed by atoms with Crippen molar-refractivity contribution in [1.82, 2.24) is 0 Å². The lowest BCUT2D eigenvalue weighted by Crippen LogP contribution is -2.20. The van der Waals surface area contributed by atoms with Crippen LogP contribution in [0.15, 0.2) is 42.5 Å². The predicted molar refractivity (Wildman–Crippen MR) is 87.2 cm³/mol. The molecular formula is C18H24N2. The molecule has 0 saturated carbocycles. The molecule has 20 heavy (non-hydrogen) atoms. The summed E-state index contributed by atoms with van der Waals surface area (Å²) in [5.41, 5.74) is 12.3. The van der Waals surface area contributed by atoms with E-state index in [1.54, 1.807) is 0 Å². The van der Waals surface area contributed by atoms with Gasteiger partial charge < -0.3 is 10.6 Å². The second-order valence-corrected chi connectivity index (χ2v) is 5.48. The SMILES string of the molecule is Cc1ccc(CCN(C)c2cccc(CN)c2)c(C)c1. The van der Waals surface area contributed by atoms with Crippen LogP contribution in [0, 0.1) is 13.8 Å². The summed E-state index contributed by atoms with van der Waals surface area (Å²) in [4.78, 5) is 2.29. The van der Waals surface area contributed by atoms with Crippen molar-refractivity contribution in [3.8, 4) is 0 Å². The molecule has 2 nitrogen and oxygen atoms in total. The molecule has 0 aromatic heterocycles. The Bertz CT molecular complexity index is 575. The van der Waals surface area contributed by atoms with Crippen molar-refractivity contribution in [3.05, 3.63) is 64.7 Å². The molecule has 0 spiro atoms. The predicted octanol–water partition coefficient (Wildman–Crippen LogP) is 3.44. The Morgan fingerprint density at radius 2 is 1.85 bits per heavy atom. The quantitative estimate of drug-likeness (QED) is 0.900. The Kier molecular flexibility index (Phi) is 4.80. The molecule has 2 aromatic rings. The maximum Gasteiger partial charge on any atom is 0.0366 e. The normalized spacial score (nSPS) is 10.6. The van der Waals surface area contributed by atoms with Crippen LogP contribution in [-0.2, 0) is 13.0 Å². The van der Waals surface area contributed by atoms with Crippen molar-refractivity contribution in [3.63, 3.8) is 0 Å². The van der Waals surface area contributed by atoms with E-state index in [0.717, 1.165) is 13.0 Å². The van der Waals surface area contributed by atoms with Gasteiger partial charge in [0.05, 0.1) is 0 Å². The first kappa shape index (κ1) is 14.6. The topological polar surface area (TPSA) is 29.3 Å². The van der Waals surface area contributed by atoms with Crippen molar-refractivity contribution in [2.75, 3.05) is 18.5 Å². The van der Waals surface area contributed by atoms with E-state index >= 15 is 0 Å². The molecule has 2 N–H and O–H groups in total. The second-order valence-electron chi connectivity index (χ2n) is 5.48. The zero-order valence-corrected chi connectivity index (χ0v) is 12.7. The second kappa shape index (κ2) is 6.58. The number of likely N-dealkylation sites (N-methyl/N-ethyl adjacent to an activating group) is 1. The van der Waals surface area contributed by atoms with Crippen LogP contribution in [-0.4, -0.2) is 13.6 Å². The van der Waals surface area contributed by atoms with Gasteiger partial charge in [0.15, 0.2) is 0 Å². The standard InChI is InChI=1S/C18H24N2/c1-14-7-8-17(15(2)11-14)9-10-20(3)18-6-4-5-16(12-18)13-19/h4-8,11-12H,9-10,13,19H2,1-3H3. The number of hydrogen-bond donors (Lipinski definition) is 1. The Morgan fingerprint density at radius 1 is 1.05 bits per heavy atom. The van der Waals surface area contributed by atoms with E-state index in [1.165, 1.54) is 27.9 Å². The maximum absolute atomic E-state index is 5.70. The van der Waals surface area contributed by atoms with E-state index < -0.39 is 0 Å². The number of benzene rings is 2. The van der Waals surface area contributed by atoms with E-state index in [2.05, 4.69) is 68.3 Å². The van der Waals surface area contributed by atoms with Crippen molar-refractivity contribution in [2.45, 2.75) is 26.8 Å². The van der Waals surface area contributed by atoms with E-state index in [0.29, 0.717) is 6.54 Å². The minimum absolute atomic E-state index is 0.596. The summed E-state index contributed by atoms with van der Waals surface area (Å²) in [5, 5.41) is 0. The molecule has 0 amide bonds. The fraction of sp³-hybridized carbons (Fsp3) is 0.333. The maximum atomic E-state index is 5.70. The smallest absolute Gasteiger partial charge is 0.0366 e. The van der Waals surface area contributed by atoms with E-state index in [1.807, 2.05) is 0 Å². The summed E-state index contributed by atoms with van der Waals surface area (Å²) >= 11 is 0. The van der Waals surface area contributed by atoms with E-state index in [9.17, 15) is 0 Å². The van der Waals surface area contributed by atoms with Gasteiger partial charge in [0.25, 0.3) is 0 Å². The number of rotatable bonds is 5. The molecule has 0 saturated heterocycles. The number of nitrogens with two attached hydrogens (primary N) is 1. The highest BCUT2D eigenvalue weighted by molar-refractivity contribution is 5.48. The molecule has 0 heterocycles. The summed E-state index contributed by atoms with van der Waals surface area (Å²) in [6.07, 6.45) is 1.06. The summed E-state index contributed by atoms with van der Waals surface area (Å²) < 4.78 is 0. The monoisotopic (exact) mass is 268 g/mol. The van der Waals surface area contributed by atoms with Crippen molar-refractivity contribution in [1.29, 1.82) is 0 Å². The largest absolute Gasteiger partial charge is 0.374 e. The van der Waals surface area contributed by atoms with E-state index in [-0.39, 0.29) is 0 Å². The van der Waals surface area contributed by atoms with Gasteiger partial charge in [-0.2, -0.15) is 0 Å². The lowest BCUT2D eigenvalue weighted by molar-refractivity contribution is 0.869. The highest BCUT2D eigenvalue weighted by atomic mass is 15.1. The minimum Gasteiger partial charge on any atom is -0.374 e. The lowest BCUT2D eigenvalue weighted by atomic mass is 10.0. The molecule has 2 rings (SSSR count). The first-order valence-electron chi connectivity index (χ1n) is 7.16. The lowest BCUT2D eigenvalue weighted by Gasteiger charge is -2.20. The third kappa shape index (κ3) is 3.61. The summed E-state index contributed by atoms with van der Waals surface area (Å²) in [6, 6.07) is 15.1. The number of aryl methyl sites for hydroxylation is 2. The van der Waals surface area contributed by atoms with Gasteiger partial charge in [-0.1, -0.05) is 35.9 Å². The van der Waals surface area contributed by atoms with Gasteiger partial charge in [-0.05, 0) is 49.1 Å². The zero-order valence-electron chi connectivity index (χ0n) is 12.7. The van der Waals surface area contributed by atoms with Gasteiger partial charge >= 0.3 is 0 Å². The minimum atomic E-state index is 0.596. The van der Waals surface area contributed by atoms with Gasteiger partial charge in [0.2, 0.25) is 0 Å². The highest BCUT2D eigenvalue weighted by Crippen LogP contribution is 2.16. The van der Waals surface area contributed by atoms with Crippen LogP contribution in [0.3, 0.4) is 0 Å². The molecule has 0 fully saturated rings. The third-order valence-corrected chi connectivity index (χ3v) is 3.80. The molecule has 0 unspecified atom stereocenters. The number of hydrogen-bond acceptors (Lipinski definition) is 2. The molecule has 0 aliphatic heterocycles. The average Bonchev–Trinajstić information content (AvgIpc) is 2.46. The molecule has 0 atom stereocenters. The Balaban J connectivity index is 2.02.